The maximum absolute atomic E-state index is 6.64. The summed E-state index contributed by atoms with van der Waals surface area (Å²) in [5.74, 6) is 0. The van der Waals surface area contributed by atoms with Crippen LogP contribution >= 0.6 is 0 Å². The monoisotopic (exact) mass is 699 g/mol. The molecule has 0 unspecified atom stereocenters. The number of para-hydroxylation sites is 2. The molecule has 6 heterocycles. The molecule has 0 atom stereocenters. The molecule has 0 aliphatic carbocycles. The van der Waals surface area contributed by atoms with Gasteiger partial charge in [-0.1, -0.05) is 68.4 Å². The Morgan fingerprint density at radius 1 is 0.611 bits per heavy atom. The Bertz CT molecular complexity index is 3140. The number of furan rings is 1. The van der Waals surface area contributed by atoms with Crippen LogP contribution in [0.25, 0.3) is 88.2 Å². The molecule has 4 heteroatoms. The minimum atomic E-state index is -0.187. The molecule has 260 valence electrons. The van der Waals surface area contributed by atoms with Crippen molar-refractivity contribution in [1.82, 2.24) is 4.40 Å². The first-order chi connectivity index (χ1) is 26.6. The maximum atomic E-state index is 6.64. The number of nitrogens with zero attached hydrogens (tertiary/aromatic N) is 3. The second-order valence-electron chi connectivity index (χ2n) is 15.2. The number of fused-ring (bicyclic) bond motifs is 16. The SMILES string of the molecule is C=C1CC(CC)(CC)[n+]2ccccc2-c2cc3c4c5c(cc6c7ccccc7n(c3cc2CCc2ccccc2-c2cccc[n+]21)c64)oc1ccccc15. The predicted octanol–water partition coefficient (Wildman–Crippen LogP) is 11.8. The molecule has 0 saturated heterocycles. The molecule has 11 rings (SSSR count). The summed E-state index contributed by atoms with van der Waals surface area (Å²) in [6.07, 6.45) is 9.09. The standard InChI is InChI=1S/C50H41N3O/c1-4-50(5-2)31-32(3)51-26-14-12-20-41(51)35-17-7-6-16-33(35)24-25-34-28-44-40(29-38(34)42-21-13-15-27-52(42)50)48-47-37-19-9-11-23-45(37)54-46(47)30-39-36-18-8-10-22-43(36)53(44)49(39)48/h6-23,26-30H,3-5,24-25,31H2,1-2H3/q+2. The number of allylic oxidation sites excluding steroid dienone is 1. The predicted molar refractivity (Wildman–Crippen MR) is 222 cm³/mol. The molecular weight excluding hydrogens is 659 g/mol. The molecule has 0 fully saturated rings. The van der Waals surface area contributed by atoms with Crippen LogP contribution in [-0.4, -0.2) is 4.40 Å². The molecule has 5 aromatic carbocycles. The van der Waals surface area contributed by atoms with E-state index in [4.69, 9.17) is 11.0 Å². The van der Waals surface area contributed by atoms with E-state index in [1.807, 2.05) is 0 Å². The molecule has 0 bridgehead atoms. The van der Waals surface area contributed by atoms with Gasteiger partial charge in [-0.25, -0.2) is 0 Å². The van der Waals surface area contributed by atoms with E-state index < -0.39 is 0 Å². The van der Waals surface area contributed by atoms with Crippen LogP contribution in [-0.2, 0) is 18.4 Å². The Kier molecular flexibility index (Phi) is 6.73. The van der Waals surface area contributed by atoms with Crippen molar-refractivity contribution in [3.8, 4) is 22.5 Å². The molecular formula is C50H41N3O+2. The lowest BCUT2D eigenvalue weighted by Gasteiger charge is -2.28. The van der Waals surface area contributed by atoms with Crippen LogP contribution in [0.2, 0.25) is 0 Å². The van der Waals surface area contributed by atoms with E-state index in [1.165, 1.54) is 77.1 Å². The summed E-state index contributed by atoms with van der Waals surface area (Å²) in [5, 5.41) is 7.40. The van der Waals surface area contributed by atoms with Gasteiger partial charge < -0.3 is 8.82 Å². The van der Waals surface area contributed by atoms with Gasteiger partial charge in [0, 0.05) is 75.0 Å². The number of aromatic nitrogens is 3. The summed E-state index contributed by atoms with van der Waals surface area (Å²) in [7, 11) is 0. The van der Waals surface area contributed by atoms with Crippen molar-refractivity contribution in [3.63, 3.8) is 0 Å². The molecule has 1 aliphatic heterocycles. The summed E-state index contributed by atoms with van der Waals surface area (Å²) < 4.78 is 14.1. The fourth-order valence-electron chi connectivity index (χ4n) is 9.97. The zero-order chi connectivity index (χ0) is 36.1. The van der Waals surface area contributed by atoms with Gasteiger partial charge in [-0.3, -0.25) is 0 Å². The zero-order valence-electron chi connectivity index (χ0n) is 30.8. The minimum Gasteiger partial charge on any atom is -0.456 e. The van der Waals surface area contributed by atoms with Gasteiger partial charge in [-0.15, -0.1) is 0 Å². The van der Waals surface area contributed by atoms with Crippen LogP contribution in [0.1, 0.15) is 44.2 Å². The Morgan fingerprint density at radius 3 is 2.20 bits per heavy atom. The van der Waals surface area contributed by atoms with Gasteiger partial charge in [-0.2, -0.15) is 9.13 Å². The lowest BCUT2D eigenvalue weighted by Crippen LogP contribution is -2.58. The zero-order valence-corrected chi connectivity index (χ0v) is 30.8. The first-order valence-corrected chi connectivity index (χ1v) is 19.4. The molecule has 54 heavy (non-hydrogen) atoms. The van der Waals surface area contributed by atoms with E-state index in [9.17, 15) is 0 Å². The van der Waals surface area contributed by atoms with Crippen LogP contribution < -0.4 is 9.13 Å². The molecule has 0 radical (unpaired) electrons. The third-order valence-electron chi connectivity index (χ3n) is 12.7. The first kappa shape index (κ1) is 31.3. The van der Waals surface area contributed by atoms with E-state index in [0.29, 0.717) is 0 Å². The molecule has 0 spiro atoms. The third-order valence-corrected chi connectivity index (χ3v) is 12.7. The second kappa shape index (κ2) is 11.6. The number of rotatable bonds is 2. The van der Waals surface area contributed by atoms with E-state index in [-0.39, 0.29) is 5.54 Å². The highest BCUT2D eigenvalue weighted by Crippen LogP contribution is 2.47. The van der Waals surface area contributed by atoms with Crippen LogP contribution in [0.3, 0.4) is 0 Å². The fourth-order valence-corrected chi connectivity index (χ4v) is 9.97. The Balaban J connectivity index is 1.29. The number of pyridine rings is 2. The van der Waals surface area contributed by atoms with E-state index in [1.54, 1.807) is 0 Å². The Hall–Kier alpha value is -6.26. The van der Waals surface area contributed by atoms with Gasteiger partial charge in [-0.05, 0) is 79.1 Å². The number of hydrogen-bond acceptors (Lipinski definition) is 1. The van der Waals surface area contributed by atoms with E-state index in [2.05, 4.69) is 167 Å². The number of benzene rings is 5. The van der Waals surface area contributed by atoms with Crippen molar-refractivity contribution < 1.29 is 13.6 Å². The van der Waals surface area contributed by atoms with Crippen LogP contribution in [0.15, 0.2) is 151 Å². The average molecular weight is 700 g/mol. The number of aryl methyl sites for hydroxylation is 2. The highest BCUT2D eigenvalue weighted by atomic mass is 16.3. The van der Waals surface area contributed by atoms with Gasteiger partial charge in [0.05, 0.1) is 28.5 Å². The number of hydrogen-bond donors (Lipinski definition) is 0. The summed E-state index contributed by atoms with van der Waals surface area (Å²) in [6.45, 7) is 9.47. The highest BCUT2D eigenvalue weighted by molar-refractivity contribution is 6.35. The quantitative estimate of drug-likeness (QED) is 0.165. The molecule has 0 N–H and O–H groups in total. The largest absolute Gasteiger partial charge is 0.456 e. The Morgan fingerprint density at radius 2 is 1.33 bits per heavy atom. The van der Waals surface area contributed by atoms with Gasteiger partial charge in [0.15, 0.2) is 23.6 Å². The molecule has 0 amide bonds. The van der Waals surface area contributed by atoms with E-state index >= 15 is 0 Å². The summed E-state index contributed by atoms with van der Waals surface area (Å²) in [6, 6.07) is 47.0. The van der Waals surface area contributed by atoms with Crippen molar-refractivity contribution in [2.24, 2.45) is 0 Å². The van der Waals surface area contributed by atoms with Gasteiger partial charge in [0.25, 0.3) is 0 Å². The molecule has 4 nitrogen and oxygen atoms in total. The molecule has 1 aliphatic rings. The van der Waals surface area contributed by atoms with Gasteiger partial charge in [0.1, 0.15) is 11.2 Å². The van der Waals surface area contributed by atoms with Crippen molar-refractivity contribution >= 4 is 65.7 Å². The first-order valence-electron chi connectivity index (χ1n) is 19.4. The smallest absolute Gasteiger partial charge is 0.218 e. The summed E-state index contributed by atoms with van der Waals surface area (Å²) in [5.41, 5.74) is 14.2. The highest BCUT2D eigenvalue weighted by Gasteiger charge is 2.42. The molecule has 10 aromatic rings. The maximum Gasteiger partial charge on any atom is 0.218 e. The molecule has 0 saturated carbocycles. The minimum absolute atomic E-state index is 0.187. The Labute approximate surface area is 314 Å². The molecule has 5 aromatic heterocycles. The van der Waals surface area contributed by atoms with Crippen LogP contribution in [0.4, 0.5) is 0 Å². The van der Waals surface area contributed by atoms with E-state index in [0.717, 1.165) is 54.4 Å². The van der Waals surface area contributed by atoms with Crippen molar-refractivity contribution in [1.29, 1.82) is 0 Å². The van der Waals surface area contributed by atoms with Crippen molar-refractivity contribution in [3.05, 3.63) is 157 Å². The lowest BCUT2D eigenvalue weighted by molar-refractivity contribution is -0.758. The third kappa shape index (κ3) is 4.25. The van der Waals surface area contributed by atoms with Crippen molar-refractivity contribution in [2.75, 3.05) is 0 Å². The van der Waals surface area contributed by atoms with Gasteiger partial charge in [0.2, 0.25) is 11.4 Å². The van der Waals surface area contributed by atoms with Crippen LogP contribution in [0, 0.1) is 0 Å². The topological polar surface area (TPSA) is 25.3 Å². The summed E-state index contributed by atoms with van der Waals surface area (Å²) in [4.78, 5) is 0. The van der Waals surface area contributed by atoms with Crippen molar-refractivity contribution in [2.45, 2.75) is 51.5 Å². The summed E-state index contributed by atoms with van der Waals surface area (Å²) >= 11 is 0. The second-order valence-corrected chi connectivity index (χ2v) is 15.2. The normalized spacial score (nSPS) is 14.6. The van der Waals surface area contributed by atoms with Gasteiger partial charge >= 0.3 is 0 Å². The lowest BCUT2D eigenvalue weighted by atomic mass is 9.85. The fraction of sp³-hybridized carbons (Fsp3) is 0.160. The average Bonchev–Trinajstić information content (AvgIpc) is 3.87. The van der Waals surface area contributed by atoms with Crippen LogP contribution in [0.5, 0.6) is 0 Å².